The molecule has 1 aromatic carbocycles. The van der Waals surface area contributed by atoms with Gasteiger partial charge in [0.05, 0.1) is 7.11 Å². The Morgan fingerprint density at radius 3 is 2.86 bits per heavy atom. The first-order valence-corrected chi connectivity index (χ1v) is 4.65. The molecule has 0 fully saturated rings. The number of alkyl halides is 1. The molecule has 14 heavy (non-hydrogen) atoms. The lowest BCUT2D eigenvalue weighted by Crippen LogP contribution is -2.01. The van der Waals surface area contributed by atoms with Crippen molar-refractivity contribution in [3.8, 4) is 5.75 Å². The van der Waals surface area contributed by atoms with Crippen molar-refractivity contribution in [3.05, 3.63) is 29.6 Å². The Morgan fingerprint density at radius 1 is 1.57 bits per heavy atom. The first-order valence-electron chi connectivity index (χ1n) is 4.11. The highest BCUT2D eigenvalue weighted by Gasteiger charge is 2.09. The lowest BCUT2D eigenvalue weighted by atomic mass is 10.1. The van der Waals surface area contributed by atoms with Crippen LogP contribution in [0.2, 0.25) is 0 Å². The molecule has 1 aromatic rings. The molecule has 1 rings (SSSR count). The van der Waals surface area contributed by atoms with Crippen molar-refractivity contribution < 1.29 is 13.9 Å². The van der Waals surface area contributed by atoms with E-state index in [9.17, 15) is 9.18 Å². The molecule has 0 N–H and O–H groups in total. The zero-order valence-electron chi connectivity index (χ0n) is 7.72. The molecule has 0 aliphatic carbocycles. The number of carbonyl (C=O) groups is 1. The summed E-state index contributed by atoms with van der Waals surface area (Å²) >= 11 is 5.43. The summed E-state index contributed by atoms with van der Waals surface area (Å²) in [5.74, 6) is -0.253. The maximum atomic E-state index is 13.0. The highest BCUT2D eigenvalue weighted by atomic mass is 35.5. The molecule has 0 radical (unpaired) electrons. The number of benzene rings is 1. The van der Waals surface area contributed by atoms with Crippen LogP contribution in [0.15, 0.2) is 18.2 Å². The molecule has 2 nitrogen and oxygen atoms in total. The largest absolute Gasteiger partial charge is 0.494 e. The molecular weight excluding hydrogens is 207 g/mol. The van der Waals surface area contributed by atoms with Crippen LogP contribution >= 0.6 is 11.6 Å². The van der Waals surface area contributed by atoms with E-state index in [0.29, 0.717) is 5.56 Å². The first kappa shape index (κ1) is 11.0. The van der Waals surface area contributed by atoms with Crippen LogP contribution in [0.4, 0.5) is 4.39 Å². The summed E-state index contributed by atoms with van der Waals surface area (Å²) in [6.07, 6.45) is 0.246. The monoisotopic (exact) mass is 216 g/mol. The van der Waals surface area contributed by atoms with Crippen molar-refractivity contribution >= 4 is 17.4 Å². The van der Waals surface area contributed by atoms with Crippen LogP contribution in [-0.2, 0) is 0 Å². The third-order valence-corrected chi connectivity index (χ3v) is 1.98. The second-order valence-electron chi connectivity index (χ2n) is 2.71. The normalized spacial score (nSPS) is 9.93. The molecule has 0 amide bonds. The molecule has 0 spiro atoms. The smallest absolute Gasteiger partial charge is 0.165 e. The first-order chi connectivity index (χ1) is 6.69. The minimum absolute atomic E-state index is 0.0745. The van der Waals surface area contributed by atoms with E-state index in [4.69, 9.17) is 16.3 Å². The number of hydrogen-bond acceptors (Lipinski definition) is 2. The predicted octanol–water partition coefficient (Wildman–Crippen LogP) is 2.65. The molecule has 4 heteroatoms. The van der Waals surface area contributed by atoms with Gasteiger partial charge in [-0.25, -0.2) is 4.39 Å². The maximum absolute atomic E-state index is 13.0. The second kappa shape index (κ2) is 4.96. The topological polar surface area (TPSA) is 26.3 Å². The minimum Gasteiger partial charge on any atom is -0.494 e. The molecule has 0 aliphatic rings. The van der Waals surface area contributed by atoms with Crippen molar-refractivity contribution in [2.45, 2.75) is 6.42 Å². The maximum Gasteiger partial charge on any atom is 0.165 e. The summed E-state index contributed by atoms with van der Waals surface area (Å²) in [5.41, 5.74) is 0.420. The molecule has 0 aromatic heterocycles. The Hall–Kier alpha value is -1.09. The van der Waals surface area contributed by atoms with E-state index in [-0.39, 0.29) is 23.8 Å². The fraction of sp³-hybridized carbons (Fsp3) is 0.300. The van der Waals surface area contributed by atoms with Gasteiger partial charge in [0.25, 0.3) is 0 Å². The highest BCUT2D eigenvalue weighted by molar-refractivity contribution is 6.19. The van der Waals surface area contributed by atoms with E-state index < -0.39 is 5.82 Å². The second-order valence-corrected chi connectivity index (χ2v) is 3.09. The standard InChI is InChI=1S/C10H10ClFO2/c1-14-10-6-7(2-3-8(10)12)9(13)4-5-11/h2-3,6H,4-5H2,1H3. The number of Topliss-reactive ketones (excluding diaryl/α,β-unsaturated/α-hetero) is 1. The summed E-state index contributed by atoms with van der Waals surface area (Å²) in [7, 11) is 1.36. The van der Waals surface area contributed by atoms with Crippen molar-refractivity contribution in [3.63, 3.8) is 0 Å². The van der Waals surface area contributed by atoms with E-state index in [1.54, 1.807) is 0 Å². The van der Waals surface area contributed by atoms with Gasteiger partial charge in [0.15, 0.2) is 17.3 Å². The Kier molecular flexibility index (Phi) is 3.89. The molecule has 0 unspecified atom stereocenters. The summed E-state index contributed by atoms with van der Waals surface area (Å²) in [4.78, 5) is 11.4. The SMILES string of the molecule is COc1cc(C(=O)CCCl)ccc1F. The molecule has 0 saturated carbocycles. The lowest BCUT2D eigenvalue weighted by molar-refractivity contribution is 0.0989. The Morgan fingerprint density at radius 2 is 2.29 bits per heavy atom. The summed E-state index contributed by atoms with van der Waals surface area (Å²) in [6.45, 7) is 0. The van der Waals surface area contributed by atoms with Crippen molar-refractivity contribution in [2.75, 3.05) is 13.0 Å². The molecular formula is C10H10ClFO2. The third kappa shape index (κ3) is 2.45. The summed E-state index contributed by atoms with van der Waals surface area (Å²) < 4.78 is 17.7. The van der Waals surface area contributed by atoms with Crippen LogP contribution in [0, 0.1) is 5.82 Å². The minimum atomic E-state index is -0.477. The van der Waals surface area contributed by atoms with Crippen LogP contribution in [0.5, 0.6) is 5.75 Å². The van der Waals surface area contributed by atoms with Gasteiger partial charge in [-0.15, -0.1) is 11.6 Å². The van der Waals surface area contributed by atoms with Crippen molar-refractivity contribution in [1.29, 1.82) is 0 Å². The van der Waals surface area contributed by atoms with Crippen LogP contribution in [0.1, 0.15) is 16.8 Å². The molecule has 0 heterocycles. The number of hydrogen-bond donors (Lipinski definition) is 0. The highest BCUT2D eigenvalue weighted by Crippen LogP contribution is 2.19. The fourth-order valence-corrected chi connectivity index (χ4v) is 1.24. The van der Waals surface area contributed by atoms with Gasteiger partial charge in [-0.1, -0.05) is 0 Å². The average Bonchev–Trinajstić information content (AvgIpc) is 2.19. The van der Waals surface area contributed by atoms with Crippen LogP contribution in [-0.4, -0.2) is 18.8 Å². The van der Waals surface area contributed by atoms with Gasteiger partial charge in [-0.2, -0.15) is 0 Å². The van der Waals surface area contributed by atoms with Crippen LogP contribution < -0.4 is 4.74 Å². The fourth-order valence-electron chi connectivity index (χ4n) is 1.06. The van der Waals surface area contributed by atoms with E-state index in [1.165, 1.54) is 25.3 Å². The number of rotatable bonds is 4. The van der Waals surface area contributed by atoms with Gasteiger partial charge < -0.3 is 4.74 Å². The molecule has 76 valence electrons. The van der Waals surface area contributed by atoms with Gasteiger partial charge in [-0.05, 0) is 18.2 Å². The van der Waals surface area contributed by atoms with E-state index in [0.717, 1.165) is 0 Å². The van der Waals surface area contributed by atoms with E-state index in [2.05, 4.69) is 0 Å². The van der Waals surface area contributed by atoms with Gasteiger partial charge in [0, 0.05) is 17.9 Å². The third-order valence-electron chi connectivity index (χ3n) is 1.79. The number of halogens is 2. The van der Waals surface area contributed by atoms with Crippen LogP contribution in [0.3, 0.4) is 0 Å². The number of carbonyl (C=O) groups excluding carboxylic acids is 1. The van der Waals surface area contributed by atoms with Gasteiger partial charge in [0.2, 0.25) is 0 Å². The lowest BCUT2D eigenvalue weighted by Gasteiger charge is -2.03. The number of ether oxygens (including phenoxy) is 1. The van der Waals surface area contributed by atoms with E-state index >= 15 is 0 Å². The summed E-state index contributed by atoms with van der Waals surface area (Å²) in [5, 5.41) is 0. The van der Waals surface area contributed by atoms with Crippen molar-refractivity contribution in [1.82, 2.24) is 0 Å². The van der Waals surface area contributed by atoms with Gasteiger partial charge in [0.1, 0.15) is 0 Å². The zero-order chi connectivity index (χ0) is 10.6. The molecule has 0 bridgehead atoms. The Labute approximate surface area is 86.6 Å². The van der Waals surface area contributed by atoms with E-state index in [1.807, 2.05) is 0 Å². The van der Waals surface area contributed by atoms with Crippen molar-refractivity contribution in [2.24, 2.45) is 0 Å². The Balaban J connectivity index is 2.94. The Bertz CT molecular complexity index is 339. The molecule has 0 aliphatic heterocycles. The zero-order valence-corrected chi connectivity index (χ0v) is 8.47. The molecule has 0 saturated heterocycles. The molecule has 0 atom stereocenters. The number of ketones is 1. The quantitative estimate of drug-likeness (QED) is 0.571. The van der Waals surface area contributed by atoms with Crippen LogP contribution in [0.25, 0.3) is 0 Å². The number of methoxy groups -OCH3 is 1. The van der Waals surface area contributed by atoms with Gasteiger partial charge in [-0.3, -0.25) is 4.79 Å². The average molecular weight is 217 g/mol. The van der Waals surface area contributed by atoms with Gasteiger partial charge >= 0.3 is 0 Å². The predicted molar refractivity (Wildman–Crippen MR) is 52.6 cm³/mol. The summed E-state index contributed by atoms with van der Waals surface area (Å²) in [6, 6.07) is 4.01.